The van der Waals surface area contributed by atoms with E-state index in [1.165, 1.54) is 173 Å². The van der Waals surface area contributed by atoms with Crippen molar-refractivity contribution in [3.8, 4) is 0 Å². The summed E-state index contributed by atoms with van der Waals surface area (Å²) in [5.74, 6) is -0.199. The minimum atomic E-state index is -0.528. The number of carbonyl (C=O) groups is 1. The van der Waals surface area contributed by atoms with Crippen LogP contribution in [0.5, 0.6) is 0 Å². The zero-order valence-corrected chi connectivity index (χ0v) is 29.9. The molecule has 0 aromatic carbocycles. The highest BCUT2D eigenvalue weighted by atomic mass is 16.6. The number of carbonyl (C=O) groups excluding carboxylic acids is 1. The maximum absolute atomic E-state index is 12.1. The summed E-state index contributed by atoms with van der Waals surface area (Å²) in [5, 5.41) is 9.56. The van der Waals surface area contributed by atoms with Crippen LogP contribution in [-0.4, -0.2) is 37.0 Å². The van der Waals surface area contributed by atoms with Gasteiger partial charge in [-0.25, -0.2) is 0 Å². The Balaban J connectivity index is 3.39. The van der Waals surface area contributed by atoms with Crippen LogP contribution in [0.3, 0.4) is 0 Å². The summed E-state index contributed by atoms with van der Waals surface area (Å²) >= 11 is 0. The quantitative estimate of drug-likeness (QED) is 0.0425. The first-order valence-electron chi connectivity index (χ1n) is 19.8. The Hall–Kier alpha value is -0.870. The predicted molar refractivity (Wildman–Crippen MR) is 191 cm³/mol. The first kappa shape index (κ1) is 43.1. The summed E-state index contributed by atoms with van der Waals surface area (Å²) < 4.78 is 11.1. The molecule has 0 saturated carbocycles. The maximum Gasteiger partial charge on any atom is 0.306 e. The molecule has 0 heterocycles. The van der Waals surface area contributed by atoms with Gasteiger partial charge >= 0.3 is 5.97 Å². The van der Waals surface area contributed by atoms with Crippen LogP contribution in [0.2, 0.25) is 0 Å². The number of rotatable bonds is 37. The molecule has 0 aromatic rings. The van der Waals surface area contributed by atoms with Gasteiger partial charge in [-0.3, -0.25) is 4.79 Å². The molecule has 0 fully saturated rings. The Kier molecular flexibility index (Phi) is 37.6. The molecule has 0 aliphatic rings. The van der Waals surface area contributed by atoms with E-state index in [-0.39, 0.29) is 12.6 Å². The number of ether oxygens (including phenoxy) is 2. The largest absolute Gasteiger partial charge is 0.457 e. The van der Waals surface area contributed by atoms with Crippen LogP contribution in [0.4, 0.5) is 0 Å². The predicted octanol–water partition coefficient (Wildman–Crippen LogP) is 12.6. The highest BCUT2D eigenvalue weighted by Crippen LogP contribution is 2.14. The van der Waals surface area contributed by atoms with Crippen LogP contribution in [-0.2, 0) is 14.3 Å². The van der Waals surface area contributed by atoms with Crippen molar-refractivity contribution < 1.29 is 19.4 Å². The molecule has 0 aliphatic carbocycles. The summed E-state index contributed by atoms with van der Waals surface area (Å²) in [7, 11) is 0. The van der Waals surface area contributed by atoms with E-state index >= 15 is 0 Å². The van der Waals surface area contributed by atoms with Crippen LogP contribution in [0.25, 0.3) is 0 Å². The van der Waals surface area contributed by atoms with Gasteiger partial charge < -0.3 is 14.6 Å². The molecule has 0 amide bonds. The van der Waals surface area contributed by atoms with Crippen molar-refractivity contribution in [2.75, 3.05) is 19.8 Å². The van der Waals surface area contributed by atoms with E-state index in [4.69, 9.17) is 9.47 Å². The molecular weight excluding hydrogens is 544 g/mol. The van der Waals surface area contributed by atoms with E-state index in [0.717, 1.165) is 19.3 Å². The first-order chi connectivity index (χ1) is 21.7. The second-order valence-electron chi connectivity index (χ2n) is 13.4. The highest BCUT2D eigenvalue weighted by Gasteiger charge is 2.13. The number of aliphatic hydroxyl groups excluding tert-OH is 1. The first-order valence-corrected chi connectivity index (χ1v) is 19.8. The second kappa shape index (κ2) is 38.3. The van der Waals surface area contributed by atoms with Gasteiger partial charge in [-0.05, 0) is 38.5 Å². The number of esters is 1. The molecule has 0 saturated heterocycles. The molecule has 1 unspecified atom stereocenters. The molecule has 1 atom stereocenters. The Labute approximate surface area is 275 Å². The number of aliphatic hydroxyl groups is 1. The smallest absolute Gasteiger partial charge is 0.306 e. The van der Waals surface area contributed by atoms with Crippen molar-refractivity contribution in [2.24, 2.45) is 0 Å². The standard InChI is InChI=1S/C40H78O4/c1-3-5-7-9-11-13-15-17-18-19-20-21-22-24-26-28-30-32-34-36-43-38-39(37-41)44-40(42)35-33-31-29-27-25-23-16-14-12-10-8-6-4-2/h18-19,39,41H,3-17,20-38H2,1-2H3/b19-18-. The molecular formula is C40H78O4. The Morgan fingerprint density at radius 3 is 1.30 bits per heavy atom. The van der Waals surface area contributed by atoms with Gasteiger partial charge in [0.25, 0.3) is 0 Å². The third kappa shape index (κ3) is 35.6. The van der Waals surface area contributed by atoms with E-state index < -0.39 is 6.10 Å². The van der Waals surface area contributed by atoms with Gasteiger partial charge in [-0.2, -0.15) is 0 Å². The zero-order chi connectivity index (χ0) is 32.0. The van der Waals surface area contributed by atoms with Gasteiger partial charge in [0.2, 0.25) is 0 Å². The number of allylic oxidation sites excluding steroid dienone is 2. The lowest BCUT2D eigenvalue weighted by Crippen LogP contribution is -2.27. The summed E-state index contributed by atoms with van der Waals surface area (Å²) in [6.07, 6.45) is 44.0. The molecule has 262 valence electrons. The molecule has 44 heavy (non-hydrogen) atoms. The van der Waals surface area contributed by atoms with Crippen molar-refractivity contribution in [2.45, 2.75) is 219 Å². The maximum atomic E-state index is 12.1. The average Bonchev–Trinajstić information content (AvgIpc) is 3.03. The Morgan fingerprint density at radius 2 is 0.886 bits per heavy atom. The SMILES string of the molecule is CCCCCCCCC/C=C\CCCCCCCCCCOCC(CO)OC(=O)CCCCCCCCCCCCCCC. The topological polar surface area (TPSA) is 55.8 Å². The fraction of sp³-hybridized carbons (Fsp3) is 0.925. The fourth-order valence-electron chi connectivity index (χ4n) is 5.85. The van der Waals surface area contributed by atoms with E-state index in [2.05, 4.69) is 26.0 Å². The molecule has 4 nitrogen and oxygen atoms in total. The lowest BCUT2D eigenvalue weighted by Gasteiger charge is -2.16. The Bertz CT molecular complexity index is 576. The van der Waals surface area contributed by atoms with Gasteiger partial charge in [-0.15, -0.1) is 0 Å². The summed E-state index contributed by atoms with van der Waals surface area (Å²) in [6, 6.07) is 0. The molecule has 0 spiro atoms. The third-order valence-corrected chi connectivity index (χ3v) is 8.84. The molecule has 0 rings (SSSR count). The average molecular weight is 623 g/mol. The molecule has 4 heteroatoms. The van der Waals surface area contributed by atoms with Crippen LogP contribution in [0.15, 0.2) is 12.2 Å². The van der Waals surface area contributed by atoms with Crippen LogP contribution >= 0.6 is 0 Å². The minimum absolute atomic E-state index is 0.167. The van der Waals surface area contributed by atoms with Crippen molar-refractivity contribution in [3.05, 3.63) is 12.2 Å². The number of unbranched alkanes of at least 4 members (excludes halogenated alkanes) is 27. The van der Waals surface area contributed by atoms with E-state index in [0.29, 0.717) is 19.6 Å². The summed E-state index contributed by atoms with van der Waals surface area (Å²) in [4.78, 5) is 12.1. The van der Waals surface area contributed by atoms with Crippen molar-refractivity contribution in [1.82, 2.24) is 0 Å². The monoisotopic (exact) mass is 623 g/mol. The minimum Gasteiger partial charge on any atom is -0.457 e. The van der Waals surface area contributed by atoms with Crippen LogP contribution < -0.4 is 0 Å². The lowest BCUT2D eigenvalue weighted by atomic mass is 10.0. The lowest BCUT2D eigenvalue weighted by molar-refractivity contribution is -0.154. The van der Waals surface area contributed by atoms with E-state index in [1.807, 2.05) is 0 Å². The zero-order valence-electron chi connectivity index (χ0n) is 29.9. The van der Waals surface area contributed by atoms with Crippen molar-refractivity contribution >= 4 is 5.97 Å². The van der Waals surface area contributed by atoms with Crippen LogP contribution in [0.1, 0.15) is 213 Å². The number of hydrogen-bond donors (Lipinski definition) is 1. The third-order valence-electron chi connectivity index (χ3n) is 8.84. The molecule has 0 aromatic heterocycles. The molecule has 0 aliphatic heterocycles. The molecule has 0 radical (unpaired) electrons. The second-order valence-corrected chi connectivity index (χ2v) is 13.4. The van der Waals surface area contributed by atoms with Crippen LogP contribution in [0, 0.1) is 0 Å². The molecule has 1 N–H and O–H groups in total. The normalized spacial score (nSPS) is 12.3. The van der Waals surface area contributed by atoms with E-state index in [1.54, 1.807) is 0 Å². The van der Waals surface area contributed by atoms with Gasteiger partial charge in [0.05, 0.1) is 13.2 Å². The number of hydrogen-bond acceptors (Lipinski definition) is 4. The van der Waals surface area contributed by atoms with Crippen molar-refractivity contribution in [1.29, 1.82) is 0 Å². The highest BCUT2D eigenvalue weighted by molar-refractivity contribution is 5.69. The fourth-order valence-corrected chi connectivity index (χ4v) is 5.85. The van der Waals surface area contributed by atoms with Gasteiger partial charge in [0.15, 0.2) is 0 Å². The van der Waals surface area contributed by atoms with Gasteiger partial charge in [0, 0.05) is 13.0 Å². The summed E-state index contributed by atoms with van der Waals surface area (Å²) in [6.45, 7) is 5.36. The van der Waals surface area contributed by atoms with Crippen molar-refractivity contribution in [3.63, 3.8) is 0 Å². The molecule has 0 bridgehead atoms. The van der Waals surface area contributed by atoms with Gasteiger partial charge in [-0.1, -0.05) is 180 Å². The Morgan fingerprint density at radius 1 is 0.523 bits per heavy atom. The van der Waals surface area contributed by atoms with E-state index in [9.17, 15) is 9.90 Å². The van der Waals surface area contributed by atoms with Gasteiger partial charge in [0.1, 0.15) is 6.10 Å². The summed E-state index contributed by atoms with van der Waals surface area (Å²) in [5.41, 5.74) is 0.